The fourth-order valence-corrected chi connectivity index (χ4v) is 2.52. The van der Waals surface area contributed by atoms with Crippen molar-refractivity contribution in [3.63, 3.8) is 0 Å². The Bertz CT molecular complexity index is 669. The monoisotopic (exact) mass is 402 g/mol. The average Bonchev–Trinajstić information content (AvgIpc) is 2.57. The molecule has 0 aliphatic rings. The molecular weight excluding hydrogens is 372 g/mol. The molecule has 0 heterocycles. The van der Waals surface area contributed by atoms with Crippen LogP contribution in [0.1, 0.15) is 67.4 Å². The maximum absolute atomic E-state index is 12.3. The molecule has 0 bridgehead atoms. The Morgan fingerprint density at radius 1 is 1.04 bits per heavy atom. The number of nitrogens with two attached hydrogens (primary N) is 2. The molecule has 0 saturated carbocycles. The second-order valence-electron chi connectivity index (χ2n) is 6.05. The molecule has 0 atom stereocenters. The van der Waals surface area contributed by atoms with Crippen LogP contribution in [0.4, 0.5) is 5.69 Å². The Hall–Kier alpha value is -1.68. The number of carbonyl (C=O) groups excluding carboxylic acids is 1. The molecule has 0 spiro atoms. The molecule has 0 saturated heterocycles. The van der Waals surface area contributed by atoms with Crippen LogP contribution < -0.4 is 11.5 Å². The van der Waals surface area contributed by atoms with Crippen LogP contribution in [0.2, 0.25) is 0 Å². The molecule has 1 aromatic rings. The van der Waals surface area contributed by atoms with Crippen LogP contribution in [0.15, 0.2) is 12.1 Å². The van der Waals surface area contributed by atoms with Crippen LogP contribution in [0.5, 0.6) is 0 Å². The van der Waals surface area contributed by atoms with Gasteiger partial charge in [-0.05, 0) is 61.9 Å². The predicted octanol–water partition coefficient (Wildman–Crippen LogP) is 2.12. The van der Waals surface area contributed by atoms with Crippen molar-refractivity contribution in [2.75, 3.05) is 18.9 Å². The van der Waals surface area contributed by atoms with Gasteiger partial charge in [0.15, 0.2) is 0 Å². The van der Waals surface area contributed by atoms with Gasteiger partial charge in [0.05, 0.1) is 12.2 Å². The fraction of sp³-hybridized carbons (Fsp3) is 0.611. The molecule has 1 aromatic carbocycles. The second kappa shape index (κ2) is 13.5. The molecule has 0 amide bonds. The Labute approximate surface area is 161 Å². The van der Waals surface area contributed by atoms with Gasteiger partial charge in [0.1, 0.15) is 0 Å². The van der Waals surface area contributed by atoms with Gasteiger partial charge in [-0.1, -0.05) is 26.7 Å². The molecule has 9 heteroatoms. The van der Waals surface area contributed by atoms with Crippen molar-refractivity contribution in [3.8, 4) is 0 Å². The Morgan fingerprint density at radius 2 is 1.56 bits per heavy atom. The van der Waals surface area contributed by atoms with E-state index in [1.165, 1.54) is 0 Å². The first-order valence-corrected chi connectivity index (χ1v) is 10.4. The summed E-state index contributed by atoms with van der Waals surface area (Å²) in [6, 6.07) is 3.64. The lowest BCUT2D eigenvalue weighted by Crippen LogP contribution is -2.14. The summed E-state index contributed by atoms with van der Waals surface area (Å²) in [5.41, 5.74) is 15.3. The lowest BCUT2D eigenvalue weighted by molar-refractivity contribution is 0.0501. The first kappa shape index (κ1) is 25.3. The maximum atomic E-state index is 12.3. The minimum atomic E-state index is -5.17. The number of anilines is 1. The zero-order valence-corrected chi connectivity index (χ0v) is 16.8. The summed E-state index contributed by atoms with van der Waals surface area (Å²) >= 11 is 0. The highest BCUT2D eigenvalue weighted by Crippen LogP contribution is 2.26. The summed E-state index contributed by atoms with van der Waals surface area (Å²) < 4.78 is 39.4. The number of hydrogen-bond acceptors (Lipinski definition) is 8. The molecule has 27 heavy (non-hydrogen) atoms. The third-order valence-corrected chi connectivity index (χ3v) is 3.83. The van der Waals surface area contributed by atoms with E-state index in [9.17, 15) is 4.79 Å². The molecular formula is C18H30N2O6S-2. The summed E-state index contributed by atoms with van der Waals surface area (Å²) in [5, 5.41) is 0. The van der Waals surface area contributed by atoms with Crippen molar-refractivity contribution in [2.45, 2.75) is 58.8 Å². The molecule has 1 rings (SSSR count). The number of esters is 1. The van der Waals surface area contributed by atoms with Gasteiger partial charge in [0, 0.05) is 16.1 Å². The van der Waals surface area contributed by atoms with E-state index in [1.807, 2.05) is 6.07 Å². The first-order chi connectivity index (χ1) is 12.7. The van der Waals surface area contributed by atoms with Crippen molar-refractivity contribution in [3.05, 3.63) is 28.8 Å². The number of ether oxygens (including phenoxy) is 1. The van der Waals surface area contributed by atoms with E-state index < -0.39 is 10.4 Å². The van der Waals surface area contributed by atoms with E-state index in [4.69, 9.17) is 33.7 Å². The van der Waals surface area contributed by atoms with Crippen LogP contribution >= 0.6 is 0 Å². The maximum Gasteiger partial charge on any atom is 0.338 e. The average molecular weight is 403 g/mol. The van der Waals surface area contributed by atoms with Gasteiger partial charge in [-0.2, -0.15) is 0 Å². The number of rotatable bonds is 10. The molecule has 0 aliphatic carbocycles. The van der Waals surface area contributed by atoms with Crippen LogP contribution in [0, 0.1) is 0 Å². The van der Waals surface area contributed by atoms with Crippen molar-refractivity contribution in [2.24, 2.45) is 5.73 Å². The zero-order valence-electron chi connectivity index (χ0n) is 16.0. The SMILES string of the molecule is CCCCc1c(N)ccc(C(=O)OCCCN)c1CCCC.O=S(=O)([O-])[O-]. The molecule has 0 aliphatic heterocycles. The molecule has 0 fully saturated rings. The van der Waals surface area contributed by atoms with Crippen LogP contribution in [0.25, 0.3) is 0 Å². The molecule has 0 radical (unpaired) electrons. The molecule has 8 nitrogen and oxygen atoms in total. The van der Waals surface area contributed by atoms with Crippen LogP contribution in [-0.2, 0) is 28.0 Å². The highest BCUT2D eigenvalue weighted by Gasteiger charge is 2.17. The predicted molar refractivity (Wildman–Crippen MR) is 103 cm³/mol. The van der Waals surface area contributed by atoms with Crippen molar-refractivity contribution < 1.29 is 27.1 Å². The van der Waals surface area contributed by atoms with Crippen molar-refractivity contribution in [1.29, 1.82) is 0 Å². The highest BCUT2D eigenvalue weighted by molar-refractivity contribution is 7.79. The van der Waals surface area contributed by atoms with Gasteiger partial charge in [-0.15, -0.1) is 0 Å². The Balaban J connectivity index is 0.00000119. The Morgan fingerprint density at radius 3 is 2.04 bits per heavy atom. The van der Waals surface area contributed by atoms with Gasteiger partial charge >= 0.3 is 5.97 Å². The minimum absolute atomic E-state index is 0.252. The van der Waals surface area contributed by atoms with E-state index >= 15 is 0 Å². The van der Waals surface area contributed by atoms with E-state index in [1.54, 1.807) is 6.07 Å². The summed E-state index contributed by atoms with van der Waals surface area (Å²) in [6.45, 7) is 5.21. The number of carbonyl (C=O) groups is 1. The fourth-order valence-electron chi connectivity index (χ4n) is 2.52. The Kier molecular flexibility index (Phi) is 12.6. The smallest absolute Gasteiger partial charge is 0.338 e. The summed E-state index contributed by atoms with van der Waals surface area (Å²) in [5.74, 6) is -0.252. The third-order valence-electron chi connectivity index (χ3n) is 3.83. The topological polar surface area (TPSA) is 159 Å². The van der Waals surface area contributed by atoms with E-state index in [0.717, 1.165) is 55.3 Å². The van der Waals surface area contributed by atoms with E-state index in [0.29, 0.717) is 25.1 Å². The lowest BCUT2D eigenvalue weighted by atomic mass is 9.92. The molecule has 0 unspecified atom stereocenters. The van der Waals surface area contributed by atoms with Gasteiger partial charge in [0.2, 0.25) is 0 Å². The first-order valence-electron chi connectivity index (χ1n) is 9.09. The summed E-state index contributed by atoms with van der Waals surface area (Å²) in [6.07, 6.45) is 6.81. The van der Waals surface area contributed by atoms with Crippen LogP contribution in [0.3, 0.4) is 0 Å². The largest absolute Gasteiger partial charge is 0.759 e. The van der Waals surface area contributed by atoms with Crippen LogP contribution in [-0.4, -0.2) is 36.6 Å². The van der Waals surface area contributed by atoms with Gasteiger partial charge in [-0.3, -0.25) is 8.42 Å². The van der Waals surface area contributed by atoms with Crippen molar-refractivity contribution in [1.82, 2.24) is 0 Å². The lowest BCUT2D eigenvalue weighted by Gasteiger charge is -2.16. The normalized spacial score (nSPS) is 10.9. The number of nitrogen functional groups attached to an aromatic ring is 1. The highest BCUT2D eigenvalue weighted by atomic mass is 32.3. The number of hydrogen-bond donors (Lipinski definition) is 2. The van der Waals surface area contributed by atoms with Gasteiger partial charge < -0.3 is 25.3 Å². The third kappa shape index (κ3) is 11.6. The van der Waals surface area contributed by atoms with Gasteiger partial charge in [0.25, 0.3) is 0 Å². The van der Waals surface area contributed by atoms with E-state index in [2.05, 4.69) is 13.8 Å². The van der Waals surface area contributed by atoms with Crippen molar-refractivity contribution >= 4 is 22.1 Å². The number of unbranched alkanes of at least 4 members (excludes halogenated alkanes) is 2. The summed E-state index contributed by atoms with van der Waals surface area (Å²) in [7, 11) is -5.17. The second-order valence-corrected chi connectivity index (χ2v) is 6.87. The molecule has 0 aromatic heterocycles. The van der Waals surface area contributed by atoms with Gasteiger partial charge in [-0.25, -0.2) is 4.79 Å². The standard InChI is InChI=1S/C18H30N2O2.H2O4S/c1-3-5-8-14-15(9-6-4-2)17(20)11-10-16(14)18(21)22-13-7-12-19;1-5(2,3)4/h10-11H,3-9,12-13,19-20H2,1-2H3;(H2,1,2,3,4)/p-2. The molecule has 156 valence electrons. The zero-order chi connectivity index (χ0) is 20.9. The summed E-state index contributed by atoms with van der Waals surface area (Å²) in [4.78, 5) is 12.3. The quantitative estimate of drug-likeness (QED) is 0.198. The number of benzene rings is 1. The van der Waals surface area contributed by atoms with E-state index in [-0.39, 0.29) is 5.97 Å². The molecule has 4 N–H and O–H groups in total. The minimum Gasteiger partial charge on any atom is -0.759 e.